The number of aromatic nitrogens is 4. The van der Waals surface area contributed by atoms with Crippen molar-refractivity contribution in [1.82, 2.24) is 24.6 Å². The lowest BCUT2D eigenvalue weighted by Gasteiger charge is -2.17. The van der Waals surface area contributed by atoms with Gasteiger partial charge in [0, 0.05) is 49.7 Å². The van der Waals surface area contributed by atoms with E-state index in [1.807, 2.05) is 30.5 Å². The molecule has 2 aromatic rings. The highest BCUT2D eigenvalue weighted by molar-refractivity contribution is 5.23. The number of hydrogen-bond donors (Lipinski definition) is 1. The Labute approximate surface area is 121 Å². The number of aryl methyl sites for hydroxylation is 2. The molecule has 2 aromatic heterocycles. The predicted molar refractivity (Wildman–Crippen MR) is 80.5 cm³/mol. The average Bonchev–Trinajstić information content (AvgIpc) is 2.97. The van der Waals surface area contributed by atoms with Gasteiger partial charge in [-0.15, -0.1) is 0 Å². The Morgan fingerprint density at radius 3 is 2.75 bits per heavy atom. The predicted octanol–water partition coefficient (Wildman–Crippen LogP) is 2.09. The minimum Gasteiger partial charge on any atom is -0.337 e. The van der Waals surface area contributed by atoms with Gasteiger partial charge < -0.3 is 9.88 Å². The van der Waals surface area contributed by atoms with E-state index in [-0.39, 0.29) is 5.41 Å². The van der Waals surface area contributed by atoms with Crippen molar-refractivity contribution in [1.29, 1.82) is 0 Å². The molecule has 1 N–H and O–H groups in total. The van der Waals surface area contributed by atoms with Crippen LogP contribution in [0.15, 0.2) is 24.9 Å². The van der Waals surface area contributed by atoms with Crippen LogP contribution in [0.4, 0.5) is 0 Å². The summed E-state index contributed by atoms with van der Waals surface area (Å²) in [5.41, 5.74) is 2.57. The fourth-order valence-electron chi connectivity index (χ4n) is 2.33. The zero-order valence-electron chi connectivity index (χ0n) is 12.9. The van der Waals surface area contributed by atoms with Crippen LogP contribution in [-0.2, 0) is 25.6 Å². The number of nitrogens with zero attached hydrogens (tertiary/aromatic N) is 4. The van der Waals surface area contributed by atoms with Gasteiger partial charge in [-0.1, -0.05) is 20.8 Å². The van der Waals surface area contributed by atoms with Crippen LogP contribution >= 0.6 is 0 Å². The van der Waals surface area contributed by atoms with E-state index in [2.05, 4.69) is 46.9 Å². The maximum Gasteiger partial charge on any atom is 0.0945 e. The molecule has 2 rings (SSSR count). The van der Waals surface area contributed by atoms with Crippen molar-refractivity contribution in [3.63, 3.8) is 0 Å². The Kier molecular flexibility index (Phi) is 4.60. The first-order valence-corrected chi connectivity index (χ1v) is 7.16. The topological polar surface area (TPSA) is 47.7 Å². The third-order valence-corrected chi connectivity index (χ3v) is 3.26. The van der Waals surface area contributed by atoms with Gasteiger partial charge in [-0.3, -0.25) is 4.68 Å². The molecular formula is C15H25N5. The fraction of sp³-hybridized carbons (Fsp3) is 0.600. The van der Waals surface area contributed by atoms with Gasteiger partial charge in [0.15, 0.2) is 0 Å². The molecule has 110 valence electrons. The molecular weight excluding hydrogens is 250 g/mol. The quantitative estimate of drug-likeness (QED) is 0.821. The van der Waals surface area contributed by atoms with E-state index < -0.39 is 0 Å². The van der Waals surface area contributed by atoms with E-state index >= 15 is 0 Å². The van der Waals surface area contributed by atoms with Gasteiger partial charge in [-0.05, 0) is 13.0 Å². The van der Waals surface area contributed by atoms with Gasteiger partial charge >= 0.3 is 0 Å². The van der Waals surface area contributed by atoms with Crippen molar-refractivity contribution in [2.45, 2.75) is 45.7 Å². The lowest BCUT2D eigenvalue weighted by molar-refractivity contribution is 0.538. The summed E-state index contributed by atoms with van der Waals surface area (Å²) in [6, 6.07) is 0. The lowest BCUT2D eigenvalue weighted by Crippen LogP contribution is -2.20. The fourth-order valence-corrected chi connectivity index (χ4v) is 2.33. The van der Waals surface area contributed by atoms with Gasteiger partial charge in [0.2, 0.25) is 0 Å². The summed E-state index contributed by atoms with van der Waals surface area (Å²) in [6.45, 7) is 9.50. The molecule has 0 aromatic carbocycles. The standard InChI is InChI=1S/C15H25N5/c1-15(2,3)14-13(11-19(4)18-14)10-16-6-5-8-20-9-7-17-12-20/h7,9,11-12,16H,5-6,8,10H2,1-4H3. The Morgan fingerprint density at radius 1 is 1.30 bits per heavy atom. The Hall–Kier alpha value is -1.62. The SMILES string of the molecule is Cn1cc(CNCCCn2ccnc2)c(C(C)(C)C)n1. The summed E-state index contributed by atoms with van der Waals surface area (Å²) < 4.78 is 4.01. The van der Waals surface area contributed by atoms with E-state index in [4.69, 9.17) is 0 Å². The van der Waals surface area contributed by atoms with Crippen LogP contribution in [0.1, 0.15) is 38.4 Å². The zero-order chi connectivity index (χ0) is 14.6. The second kappa shape index (κ2) is 6.22. The van der Waals surface area contributed by atoms with Crippen LogP contribution in [0.2, 0.25) is 0 Å². The Morgan fingerprint density at radius 2 is 2.10 bits per heavy atom. The van der Waals surface area contributed by atoms with Crippen LogP contribution in [0.3, 0.4) is 0 Å². The van der Waals surface area contributed by atoms with Gasteiger partial charge in [-0.25, -0.2) is 4.98 Å². The summed E-state index contributed by atoms with van der Waals surface area (Å²) in [7, 11) is 1.98. The van der Waals surface area contributed by atoms with Crippen molar-refractivity contribution < 1.29 is 0 Å². The molecule has 0 aliphatic carbocycles. The molecule has 0 unspecified atom stereocenters. The molecule has 5 heteroatoms. The summed E-state index contributed by atoms with van der Waals surface area (Å²) in [4.78, 5) is 4.04. The van der Waals surface area contributed by atoms with Gasteiger partial charge in [0.25, 0.3) is 0 Å². The third kappa shape index (κ3) is 3.93. The maximum atomic E-state index is 4.59. The lowest BCUT2D eigenvalue weighted by atomic mass is 9.89. The highest BCUT2D eigenvalue weighted by atomic mass is 15.3. The first-order chi connectivity index (χ1) is 9.47. The van der Waals surface area contributed by atoms with E-state index in [0.29, 0.717) is 0 Å². The summed E-state index contributed by atoms with van der Waals surface area (Å²) in [6.07, 6.45) is 8.89. The molecule has 0 fully saturated rings. The molecule has 20 heavy (non-hydrogen) atoms. The van der Waals surface area contributed by atoms with Crippen LogP contribution in [0.5, 0.6) is 0 Å². The molecule has 0 radical (unpaired) electrons. The molecule has 0 saturated carbocycles. The minimum absolute atomic E-state index is 0.0923. The molecule has 0 spiro atoms. The van der Waals surface area contributed by atoms with Crippen molar-refractivity contribution in [2.75, 3.05) is 6.54 Å². The van der Waals surface area contributed by atoms with E-state index in [0.717, 1.165) is 26.1 Å². The molecule has 5 nitrogen and oxygen atoms in total. The normalized spacial score (nSPS) is 12.0. The highest BCUT2D eigenvalue weighted by Crippen LogP contribution is 2.23. The van der Waals surface area contributed by atoms with Gasteiger partial charge in [-0.2, -0.15) is 5.10 Å². The molecule has 0 aliphatic rings. The monoisotopic (exact) mass is 275 g/mol. The molecule has 0 bridgehead atoms. The number of rotatable bonds is 6. The summed E-state index contributed by atoms with van der Waals surface area (Å²) in [5.74, 6) is 0. The van der Waals surface area contributed by atoms with Gasteiger partial charge in [0.1, 0.15) is 0 Å². The van der Waals surface area contributed by atoms with Crippen molar-refractivity contribution >= 4 is 0 Å². The van der Waals surface area contributed by atoms with E-state index in [9.17, 15) is 0 Å². The Bertz CT molecular complexity index is 519. The smallest absolute Gasteiger partial charge is 0.0945 e. The van der Waals surface area contributed by atoms with Crippen molar-refractivity contribution in [2.24, 2.45) is 7.05 Å². The second-order valence-electron chi connectivity index (χ2n) is 6.26. The van der Waals surface area contributed by atoms with Gasteiger partial charge in [0.05, 0.1) is 12.0 Å². The zero-order valence-corrected chi connectivity index (χ0v) is 12.9. The Balaban J connectivity index is 1.79. The number of nitrogens with one attached hydrogen (secondary N) is 1. The van der Waals surface area contributed by atoms with Crippen molar-refractivity contribution in [3.8, 4) is 0 Å². The van der Waals surface area contributed by atoms with Crippen LogP contribution in [-0.4, -0.2) is 25.9 Å². The van der Waals surface area contributed by atoms with Crippen LogP contribution < -0.4 is 5.32 Å². The first-order valence-electron chi connectivity index (χ1n) is 7.16. The van der Waals surface area contributed by atoms with E-state index in [1.54, 1.807) is 0 Å². The highest BCUT2D eigenvalue weighted by Gasteiger charge is 2.21. The van der Waals surface area contributed by atoms with Crippen LogP contribution in [0, 0.1) is 0 Å². The maximum absolute atomic E-state index is 4.59. The first kappa shape index (κ1) is 14.8. The van der Waals surface area contributed by atoms with Crippen LogP contribution in [0.25, 0.3) is 0 Å². The average molecular weight is 275 g/mol. The summed E-state index contributed by atoms with van der Waals surface area (Å²) in [5, 5.41) is 8.09. The molecule has 2 heterocycles. The minimum atomic E-state index is 0.0923. The second-order valence-corrected chi connectivity index (χ2v) is 6.26. The molecule has 0 amide bonds. The molecule has 0 aliphatic heterocycles. The molecule has 0 saturated heterocycles. The van der Waals surface area contributed by atoms with E-state index in [1.165, 1.54) is 11.3 Å². The molecule has 0 atom stereocenters. The number of hydrogen-bond acceptors (Lipinski definition) is 3. The largest absolute Gasteiger partial charge is 0.337 e. The number of imidazole rings is 1. The summed E-state index contributed by atoms with van der Waals surface area (Å²) >= 11 is 0. The third-order valence-electron chi connectivity index (χ3n) is 3.26. The van der Waals surface area contributed by atoms with Crippen molar-refractivity contribution in [3.05, 3.63) is 36.2 Å².